The topological polar surface area (TPSA) is 73.8 Å². The smallest absolute Gasteiger partial charge is 0.268 e. The summed E-state index contributed by atoms with van der Waals surface area (Å²) < 4.78 is 1.03. The van der Waals surface area contributed by atoms with Crippen LogP contribution >= 0.6 is 15.9 Å². The van der Waals surface area contributed by atoms with E-state index in [1.54, 1.807) is 0 Å². The molecule has 6 nitrogen and oxygen atoms in total. The van der Waals surface area contributed by atoms with Crippen molar-refractivity contribution in [2.45, 2.75) is 82.8 Å². The summed E-state index contributed by atoms with van der Waals surface area (Å²) in [7, 11) is 0. The minimum Gasteiger partial charge on any atom is -0.356 e. The summed E-state index contributed by atoms with van der Waals surface area (Å²) in [6, 6.07) is 8.07. The maximum absolute atomic E-state index is 13.1. The lowest BCUT2D eigenvalue weighted by Crippen LogP contribution is -2.54. The molecule has 2 N–H and O–H groups in total. The van der Waals surface area contributed by atoms with E-state index < -0.39 is 0 Å². The van der Waals surface area contributed by atoms with E-state index in [2.05, 4.69) is 38.5 Å². The van der Waals surface area contributed by atoms with Crippen molar-refractivity contribution in [3.63, 3.8) is 0 Å². The molecule has 1 aliphatic carbocycles. The van der Waals surface area contributed by atoms with Crippen molar-refractivity contribution < 1.29 is 9.59 Å². The summed E-state index contributed by atoms with van der Waals surface area (Å²) in [5.41, 5.74) is 1.68. The number of rotatable bonds is 8. The monoisotopic (exact) mass is 488 g/mol. The predicted molar refractivity (Wildman–Crippen MR) is 126 cm³/mol. The lowest BCUT2D eigenvalue weighted by Gasteiger charge is -2.46. The summed E-state index contributed by atoms with van der Waals surface area (Å²) in [6.07, 6.45) is 8.88. The van der Waals surface area contributed by atoms with Crippen molar-refractivity contribution in [1.29, 1.82) is 0 Å². The molecule has 1 saturated heterocycles. The number of hydrazone groups is 1. The second-order valence-corrected chi connectivity index (χ2v) is 10.1. The van der Waals surface area contributed by atoms with Gasteiger partial charge < -0.3 is 10.6 Å². The third-order valence-electron chi connectivity index (χ3n) is 7.12. The molecule has 4 rings (SSSR count). The van der Waals surface area contributed by atoms with Crippen molar-refractivity contribution in [3.8, 4) is 0 Å². The molecule has 0 bridgehead atoms. The fourth-order valence-electron chi connectivity index (χ4n) is 5.59. The van der Waals surface area contributed by atoms with Crippen molar-refractivity contribution in [3.05, 3.63) is 34.3 Å². The van der Waals surface area contributed by atoms with Crippen LogP contribution in [0, 0.1) is 5.92 Å². The normalized spacial score (nSPS) is 26.8. The van der Waals surface area contributed by atoms with Gasteiger partial charge >= 0.3 is 0 Å². The summed E-state index contributed by atoms with van der Waals surface area (Å²) in [4.78, 5) is 25.6. The highest BCUT2D eigenvalue weighted by Crippen LogP contribution is 2.52. The van der Waals surface area contributed by atoms with Crippen LogP contribution in [-0.4, -0.2) is 40.7 Å². The molecule has 2 amide bonds. The number of nitrogens with one attached hydrogen (secondary N) is 2. The zero-order valence-corrected chi connectivity index (χ0v) is 19.9. The third-order valence-corrected chi connectivity index (χ3v) is 7.65. The molecule has 1 aromatic rings. The summed E-state index contributed by atoms with van der Waals surface area (Å²) in [5, 5.41) is 13.2. The fraction of sp³-hybridized carbons (Fsp3) is 0.625. The maximum Gasteiger partial charge on any atom is 0.268 e. The minimum absolute atomic E-state index is 0.0586. The Morgan fingerprint density at radius 3 is 2.65 bits per heavy atom. The minimum atomic E-state index is -0.0604. The molecule has 2 heterocycles. The first-order valence-electron chi connectivity index (χ1n) is 11.7. The molecule has 0 unspecified atom stereocenters. The summed E-state index contributed by atoms with van der Waals surface area (Å²) in [5.74, 6) is 0.228. The Labute approximate surface area is 193 Å². The number of hydrogen-bond acceptors (Lipinski definition) is 4. The summed E-state index contributed by atoms with van der Waals surface area (Å²) >= 11 is 3.44. The number of carbonyl (C=O) groups excluding carboxylic acids is 2. The van der Waals surface area contributed by atoms with Crippen molar-refractivity contribution >= 4 is 33.5 Å². The van der Waals surface area contributed by atoms with E-state index in [0.29, 0.717) is 18.7 Å². The van der Waals surface area contributed by atoms with Gasteiger partial charge in [0.05, 0.1) is 11.6 Å². The summed E-state index contributed by atoms with van der Waals surface area (Å²) in [6.45, 7) is 3.36. The highest BCUT2D eigenvalue weighted by Gasteiger charge is 2.58. The number of nitrogens with zero attached hydrogens (tertiary/aromatic N) is 2. The standard InChI is InChI=1S/C24H33BrN4O2/c1-2-3-14-26-21(30)15-19-6-4-12-24-13-5-7-20(24)22(28-29(19)24)23(31)27-16-17-8-10-18(25)11-9-17/h8-11,19-20H,2-7,12-16H2,1H3,(H,26,30)(H,27,31)/t19-,20-,24-/m1/s1. The molecular formula is C24H33BrN4O2. The highest BCUT2D eigenvalue weighted by molar-refractivity contribution is 9.10. The van der Waals surface area contributed by atoms with Crippen LogP contribution in [-0.2, 0) is 16.1 Å². The van der Waals surface area contributed by atoms with Crippen molar-refractivity contribution in [1.82, 2.24) is 15.6 Å². The third kappa shape index (κ3) is 4.66. The van der Waals surface area contributed by atoms with E-state index >= 15 is 0 Å². The van der Waals surface area contributed by atoms with Gasteiger partial charge in [-0.2, -0.15) is 5.10 Å². The molecule has 0 aromatic heterocycles. The van der Waals surface area contributed by atoms with Crippen LogP contribution in [0.15, 0.2) is 33.8 Å². The lowest BCUT2D eigenvalue weighted by atomic mass is 9.76. The van der Waals surface area contributed by atoms with E-state index in [1.807, 2.05) is 24.3 Å². The van der Waals surface area contributed by atoms with Gasteiger partial charge in [0.2, 0.25) is 5.91 Å². The van der Waals surface area contributed by atoms with Gasteiger partial charge in [-0.3, -0.25) is 14.6 Å². The molecule has 2 fully saturated rings. The van der Waals surface area contributed by atoms with E-state index in [0.717, 1.165) is 67.9 Å². The predicted octanol–water partition coefficient (Wildman–Crippen LogP) is 4.13. The number of benzene rings is 1. The fourth-order valence-corrected chi connectivity index (χ4v) is 5.85. The molecule has 1 saturated carbocycles. The maximum atomic E-state index is 13.1. The molecule has 0 radical (unpaired) electrons. The average molecular weight is 489 g/mol. The molecule has 1 spiro atoms. The number of hydrogen-bond donors (Lipinski definition) is 2. The van der Waals surface area contributed by atoms with Gasteiger partial charge in [-0.1, -0.05) is 47.8 Å². The number of carbonyl (C=O) groups is 2. The van der Waals surface area contributed by atoms with Crippen LogP contribution in [0.1, 0.15) is 70.3 Å². The Morgan fingerprint density at radius 2 is 1.90 bits per heavy atom. The largest absolute Gasteiger partial charge is 0.356 e. The van der Waals surface area contributed by atoms with Crippen LogP contribution < -0.4 is 10.6 Å². The van der Waals surface area contributed by atoms with Crippen LogP contribution in [0.25, 0.3) is 0 Å². The Kier molecular flexibility index (Phi) is 6.99. The van der Waals surface area contributed by atoms with Gasteiger partial charge in [0, 0.05) is 29.9 Å². The van der Waals surface area contributed by atoms with Crippen molar-refractivity contribution in [2.75, 3.05) is 6.54 Å². The zero-order valence-electron chi connectivity index (χ0n) is 18.3. The molecule has 168 valence electrons. The van der Waals surface area contributed by atoms with Gasteiger partial charge in [0.1, 0.15) is 5.71 Å². The van der Waals surface area contributed by atoms with Crippen LogP contribution in [0.2, 0.25) is 0 Å². The molecular weight excluding hydrogens is 456 g/mol. The lowest BCUT2D eigenvalue weighted by molar-refractivity contribution is -0.123. The zero-order chi connectivity index (χ0) is 21.8. The van der Waals surface area contributed by atoms with Gasteiger partial charge in [-0.25, -0.2) is 0 Å². The first kappa shape index (κ1) is 22.3. The highest BCUT2D eigenvalue weighted by atomic mass is 79.9. The molecule has 3 aliphatic rings. The van der Waals surface area contributed by atoms with Crippen LogP contribution in [0.3, 0.4) is 0 Å². The van der Waals surface area contributed by atoms with Crippen molar-refractivity contribution in [2.24, 2.45) is 11.0 Å². The molecule has 2 aliphatic heterocycles. The van der Waals surface area contributed by atoms with Gasteiger partial charge in [0.25, 0.3) is 5.91 Å². The number of piperidine rings is 1. The van der Waals surface area contributed by atoms with Crippen LogP contribution in [0.5, 0.6) is 0 Å². The van der Waals surface area contributed by atoms with E-state index in [1.165, 1.54) is 0 Å². The van der Waals surface area contributed by atoms with Gasteiger partial charge in [0.15, 0.2) is 0 Å². The number of amides is 2. The Bertz CT molecular complexity index is 840. The second kappa shape index (κ2) is 9.72. The second-order valence-electron chi connectivity index (χ2n) is 9.14. The first-order valence-corrected chi connectivity index (χ1v) is 12.5. The van der Waals surface area contributed by atoms with Gasteiger partial charge in [-0.15, -0.1) is 0 Å². The van der Waals surface area contributed by atoms with E-state index in [4.69, 9.17) is 5.10 Å². The SMILES string of the molecule is CCCCNC(=O)C[C@H]1CCC[C@@]23CCC[C@@H]2C(C(=O)NCc2ccc(Br)cc2)=NN13. The molecule has 31 heavy (non-hydrogen) atoms. The number of unbranched alkanes of at least 4 members (excludes halogenated alkanes) is 1. The average Bonchev–Trinajstić information content (AvgIpc) is 3.30. The van der Waals surface area contributed by atoms with Crippen LogP contribution in [0.4, 0.5) is 0 Å². The molecule has 7 heteroatoms. The molecule has 3 atom stereocenters. The molecule has 1 aromatic carbocycles. The number of halogens is 1. The first-order chi connectivity index (χ1) is 15.0. The quantitative estimate of drug-likeness (QED) is 0.540. The Morgan fingerprint density at radius 1 is 1.16 bits per heavy atom. The Hall–Kier alpha value is -1.89. The van der Waals surface area contributed by atoms with E-state index in [9.17, 15) is 9.59 Å². The van der Waals surface area contributed by atoms with E-state index in [-0.39, 0.29) is 29.3 Å². The van der Waals surface area contributed by atoms with Gasteiger partial charge in [-0.05, 0) is 56.2 Å². The Balaban J connectivity index is 1.45.